The van der Waals surface area contributed by atoms with Crippen LogP contribution in [0, 0.1) is 5.92 Å². The SMILES string of the molecule is CCCCCCCCCCCCCCCCCCCCCCCCC(=O)OC[C@H](COP(=O)(O)OC[C@@H](O)COP(=O)(O)OC[C@@H](COC(=O)CCCCCCCCC)OC(=O)CCCCCCCCCCCCCCC(C)C)OC(=O)CCCCCCCCCCCCCCCCCCCCCCCC. The van der Waals surface area contributed by atoms with Crippen LogP contribution < -0.4 is 0 Å². The van der Waals surface area contributed by atoms with E-state index in [-0.39, 0.29) is 25.7 Å². The summed E-state index contributed by atoms with van der Waals surface area (Å²) in [4.78, 5) is 73.1. The van der Waals surface area contributed by atoms with Gasteiger partial charge in [-0.1, -0.05) is 420 Å². The van der Waals surface area contributed by atoms with Crippen LogP contribution in [-0.4, -0.2) is 96.7 Å². The molecule has 0 bridgehead atoms. The molecule has 0 aliphatic heterocycles. The molecule has 0 amide bonds. The van der Waals surface area contributed by atoms with Crippen LogP contribution in [0.2, 0.25) is 0 Å². The van der Waals surface area contributed by atoms with E-state index in [2.05, 4.69) is 34.6 Å². The minimum atomic E-state index is -4.96. The van der Waals surface area contributed by atoms with Crippen molar-refractivity contribution < 1.29 is 80.2 Å². The monoisotopic (exact) mass is 1550 g/mol. The zero-order chi connectivity index (χ0) is 77.6. The summed E-state index contributed by atoms with van der Waals surface area (Å²) in [6, 6.07) is 0. The molecular weight excluding hydrogens is 1380 g/mol. The van der Waals surface area contributed by atoms with Crippen molar-refractivity contribution in [2.24, 2.45) is 5.92 Å². The second-order valence-corrected chi connectivity index (χ2v) is 34.7. The molecule has 2 unspecified atom stereocenters. The summed E-state index contributed by atoms with van der Waals surface area (Å²) < 4.78 is 68.8. The van der Waals surface area contributed by atoms with Gasteiger partial charge in [-0.15, -0.1) is 0 Å². The van der Waals surface area contributed by atoms with Crippen LogP contribution in [0.1, 0.15) is 471 Å². The number of rotatable bonds is 87. The lowest BCUT2D eigenvalue weighted by atomic mass is 10.0. The van der Waals surface area contributed by atoms with E-state index in [9.17, 15) is 43.2 Å². The summed E-state index contributed by atoms with van der Waals surface area (Å²) in [5.41, 5.74) is 0. The maximum Gasteiger partial charge on any atom is 0.472 e. The largest absolute Gasteiger partial charge is 0.472 e. The van der Waals surface area contributed by atoms with Gasteiger partial charge in [0, 0.05) is 25.7 Å². The van der Waals surface area contributed by atoms with Gasteiger partial charge in [0.05, 0.1) is 26.4 Å². The zero-order valence-corrected chi connectivity index (χ0v) is 71.4. The first-order valence-corrected chi connectivity index (χ1v) is 48.1. The minimum Gasteiger partial charge on any atom is -0.462 e. The summed E-state index contributed by atoms with van der Waals surface area (Å²) in [6.45, 7) is 7.32. The van der Waals surface area contributed by atoms with Crippen LogP contribution in [0.4, 0.5) is 0 Å². The van der Waals surface area contributed by atoms with E-state index in [0.29, 0.717) is 25.7 Å². The Kier molecular flexibility index (Phi) is 78.2. The van der Waals surface area contributed by atoms with E-state index in [1.807, 2.05) is 0 Å². The molecule has 0 radical (unpaired) electrons. The van der Waals surface area contributed by atoms with Gasteiger partial charge in [-0.2, -0.15) is 0 Å². The van der Waals surface area contributed by atoms with Gasteiger partial charge in [0.2, 0.25) is 0 Å². The lowest BCUT2D eigenvalue weighted by Gasteiger charge is -2.21. The molecule has 0 aromatic rings. The molecule has 17 nitrogen and oxygen atoms in total. The molecule has 19 heteroatoms. The highest BCUT2D eigenvalue weighted by Crippen LogP contribution is 2.45. The van der Waals surface area contributed by atoms with Crippen molar-refractivity contribution in [2.75, 3.05) is 39.6 Å². The van der Waals surface area contributed by atoms with Crippen molar-refractivity contribution >= 4 is 39.5 Å². The standard InChI is InChI=1S/C87H170O17P2/c1-6-9-12-15-18-20-22-24-26-28-30-32-34-36-38-40-42-47-51-56-61-66-71-85(90)98-77-83(104-87(92)72-67-62-57-52-48-43-41-39-37-35-33-31-29-27-25-23-21-19-16-13-10-7-2)79-102-106(95,96)100-75-81(88)74-99-105(93,94)101-78-82(76-97-84(89)70-65-60-54-17-14-11-8-3)103-86(91)73-68-63-58-53-49-45-44-46-50-55-59-64-69-80(4)5/h80-83,88H,6-79H2,1-5H3,(H,93,94)(H,95,96)/t81-,82+,83+/m0/s1. The molecule has 0 heterocycles. The van der Waals surface area contributed by atoms with E-state index in [4.69, 9.17) is 37.0 Å². The van der Waals surface area contributed by atoms with Crippen LogP contribution in [-0.2, 0) is 65.4 Å². The molecule has 5 atom stereocenters. The number of phosphoric acid groups is 2. The van der Waals surface area contributed by atoms with Crippen molar-refractivity contribution in [3.63, 3.8) is 0 Å². The molecule has 0 aromatic heterocycles. The van der Waals surface area contributed by atoms with Crippen molar-refractivity contribution in [3.8, 4) is 0 Å². The quantitative estimate of drug-likeness (QED) is 0.0222. The fraction of sp³-hybridized carbons (Fsp3) is 0.954. The number of aliphatic hydroxyl groups is 1. The molecule has 0 aliphatic carbocycles. The Morgan fingerprint density at radius 1 is 0.255 bits per heavy atom. The number of carbonyl (C=O) groups excluding carboxylic acids is 4. The van der Waals surface area contributed by atoms with Crippen molar-refractivity contribution in [3.05, 3.63) is 0 Å². The Morgan fingerprint density at radius 2 is 0.434 bits per heavy atom. The molecular formula is C87H170O17P2. The van der Waals surface area contributed by atoms with Crippen LogP contribution in [0.3, 0.4) is 0 Å². The number of ether oxygens (including phenoxy) is 4. The molecule has 0 saturated heterocycles. The number of carbonyl (C=O) groups is 4. The van der Waals surface area contributed by atoms with Crippen molar-refractivity contribution in [1.82, 2.24) is 0 Å². The highest BCUT2D eigenvalue weighted by molar-refractivity contribution is 7.47. The van der Waals surface area contributed by atoms with Gasteiger partial charge < -0.3 is 33.8 Å². The minimum absolute atomic E-state index is 0.107. The molecule has 0 saturated carbocycles. The summed E-state index contributed by atoms with van der Waals surface area (Å²) in [5, 5.41) is 10.7. The maximum atomic E-state index is 13.1. The number of unbranched alkanes of at least 4 members (excludes halogenated alkanes) is 59. The third-order valence-electron chi connectivity index (χ3n) is 20.5. The predicted octanol–water partition coefficient (Wildman–Crippen LogP) is 26.8. The fourth-order valence-corrected chi connectivity index (χ4v) is 15.2. The van der Waals surface area contributed by atoms with Gasteiger partial charge in [0.25, 0.3) is 0 Å². The third kappa shape index (κ3) is 80.1. The molecule has 630 valence electrons. The Bertz CT molecular complexity index is 2010. The Labute approximate surface area is 651 Å². The molecule has 106 heavy (non-hydrogen) atoms. The first kappa shape index (κ1) is 104. The summed E-state index contributed by atoms with van der Waals surface area (Å²) >= 11 is 0. The predicted molar refractivity (Wildman–Crippen MR) is 437 cm³/mol. The average molecular weight is 1550 g/mol. The molecule has 0 spiro atoms. The van der Waals surface area contributed by atoms with Gasteiger partial charge >= 0.3 is 39.5 Å². The summed E-state index contributed by atoms with van der Waals surface area (Å²) in [7, 11) is -9.92. The number of hydrogen-bond donors (Lipinski definition) is 3. The maximum absolute atomic E-state index is 13.1. The second-order valence-electron chi connectivity index (χ2n) is 31.8. The first-order chi connectivity index (χ1) is 51.5. The lowest BCUT2D eigenvalue weighted by Crippen LogP contribution is -2.30. The van der Waals surface area contributed by atoms with Crippen molar-refractivity contribution in [1.29, 1.82) is 0 Å². The van der Waals surface area contributed by atoms with Gasteiger partial charge in [-0.05, 0) is 31.6 Å². The Hall–Kier alpha value is -1.94. The van der Waals surface area contributed by atoms with Crippen molar-refractivity contribution in [2.45, 2.75) is 490 Å². The zero-order valence-electron chi connectivity index (χ0n) is 69.6. The smallest absolute Gasteiger partial charge is 0.462 e. The lowest BCUT2D eigenvalue weighted by molar-refractivity contribution is -0.161. The highest BCUT2D eigenvalue weighted by Gasteiger charge is 2.30. The number of esters is 4. The van der Waals surface area contributed by atoms with Gasteiger partial charge in [-0.3, -0.25) is 37.3 Å². The van der Waals surface area contributed by atoms with Crippen LogP contribution in [0.25, 0.3) is 0 Å². The molecule has 3 N–H and O–H groups in total. The summed E-state index contributed by atoms with van der Waals surface area (Å²) in [6.07, 6.45) is 74.1. The summed E-state index contributed by atoms with van der Waals surface area (Å²) in [5.74, 6) is -1.33. The fourth-order valence-electron chi connectivity index (χ4n) is 13.6. The molecule has 0 rings (SSSR count). The third-order valence-corrected chi connectivity index (χ3v) is 22.4. The molecule has 0 aromatic carbocycles. The van der Waals surface area contributed by atoms with E-state index in [0.717, 1.165) is 109 Å². The normalized spacial score (nSPS) is 13.7. The number of aliphatic hydroxyl groups excluding tert-OH is 1. The Balaban J connectivity index is 5.14. The van der Waals surface area contributed by atoms with Crippen LogP contribution >= 0.6 is 15.6 Å². The van der Waals surface area contributed by atoms with E-state index in [1.165, 1.54) is 283 Å². The van der Waals surface area contributed by atoms with E-state index >= 15 is 0 Å². The van der Waals surface area contributed by atoms with Gasteiger partial charge in [0.15, 0.2) is 12.2 Å². The molecule has 0 aliphatic rings. The van der Waals surface area contributed by atoms with Crippen LogP contribution in [0.5, 0.6) is 0 Å². The number of phosphoric ester groups is 2. The highest BCUT2D eigenvalue weighted by atomic mass is 31.2. The average Bonchev–Trinajstić information content (AvgIpc) is 0.900. The number of hydrogen-bond acceptors (Lipinski definition) is 15. The van der Waals surface area contributed by atoms with Gasteiger partial charge in [0.1, 0.15) is 19.3 Å². The van der Waals surface area contributed by atoms with Crippen LogP contribution in [0.15, 0.2) is 0 Å². The topological polar surface area (TPSA) is 237 Å². The van der Waals surface area contributed by atoms with Gasteiger partial charge in [-0.25, -0.2) is 9.13 Å². The van der Waals surface area contributed by atoms with E-state index < -0.39 is 97.5 Å². The Morgan fingerprint density at radius 3 is 0.642 bits per heavy atom. The second kappa shape index (κ2) is 79.7. The molecule has 0 fully saturated rings. The van der Waals surface area contributed by atoms with E-state index in [1.54, 1.807) is 0 Å². The first-order valence-electron chi connectivity index (χ1n) is 45.1.